The van der Waals surface area contributed by atoms with Crippen LogP contribution in [-0.2, 0) is 117 Å². The van der Waals surface area contributed by atoms with Crippen LogP contribution in [0.2, 0.25) is 0 Å². The summed E-state index contributed by atoms with van der Waals surface area (Å²) in [5.41, 5.74) is 0. The molecule has 0 rings (SSSR count). The van der Waals surface area contributed by atoms with Crippen LogP contribution in [0.15, 0.2) is 0 Å². The van der Waals surface area contributed by atoms with Gasteiger partial charge in [-0.3, -0.25) is 0 Å². The van der Waals surface area contributed by atoms with E-state index in [1.807, 2.05) is 0 Å². The Morgan fingerprint density at radius 3 is 0.227 bits per heavy atom. The molecule has 0 bridgehead atoms. The van der Waals surface area contributed by atoms with E-state index >= 15 is 0 Å². The zero-order valence-electron chi connectivity index (χ0n) is 8.93. The second-order valence-electron chi connectivity index (χ2n) is 0. The Balaban J connectivity index is 0. The molecule has 0 saturated heterocycles. The molecule has 22 heavy (non-hydrogen) atoms. The molecule has 0 atom stereocenters. The molecule has 113 valence electrons. The summed E-state index contributed by atoms with van der Waals surface area (Å²) in [6, 6.07) is 0. The Kier molecular flexibility index (Phi) is 15800. The molecule has 0 aliphatic rings. The molecule has 0 fully saturated rings. The topological polar surface area (TPSA) is 305 Å². The molecule has 0 saturated carbocycles. The summed E-state index contributed by atoms with van der Waals surface area (Å²) in [4.78, 5) is 0. The van der Waals surface area contributed by atoms with Crippen molar-refractivity contribution >= 4 is 85.0 Å². The van der Waals surface area contributed by atoms with Crippen molar-refractivity contribution in [1.29, 1.82) is 0 Å². The molecule has 0 heterocycles. The van der Waals surface area contributed by atoms with Gasteiger partial charge in [-0.05, 0) is 32.9 Å². The fourth-order valence-electron chi connectivity index (χ4n) is 0. The normalized spacial score (nSPS) is 0. The predicted molar refractivity (Wildman–Crippen MR) is 84.9 cm³/mol. The third-order valence-electron chi connectivity index (χ3n) is 0. The average molecular weight is 617 g/mol. The van der Waals surface area contributed by atoms with Crippen molar-refractivity contribution in [3.8, 4) is 0 Å². The van der Waals surface area contributed by atoms with E-state index in [0.717, 1.165) is 0 Å². The molecule has 0 aromatic carbocycles. The first kappa shape index (κ1) is 625. The van der Waals surface area contributed by atoms with Gasteiger partial charge in [0.1, 0.15) is 0 Å². The van der Waals surface area contributed by atoms with Crippen molar-refractivity contribution in [2.45, 2.75) is 0 Å². The molecule has 10 nitrogen and oxygen atoms in total. The van der Waals surface area contributed by atoms with Gasteiger partial charge in [-0.25, -0.2) is 0 Å². The van der Waals surface area contributed by atoms with E-state index in [2.05, 4.69) is 0 Å². The monoisotopic (exact) mass is 617 g/mol. The summed E-state index contributed by atoms with van der Waals surface area (Å²) in [5, 5.41) is 0. The van der Waals surface area contributed by atoms with Crippen LogP contribution >= 0.6 is 0 Å². The van der Waals surface area contributed by atoms with Crippen molar-refractivity contribution in [1.82, 2.24) is 0 Å². The number of rotatable bonds is 0. The number of hydrogen-bond acceptors (Lipinski definition) is 0. The SMILES string of the molecule is [Al+3].[Al+3].[Al+3].[Cr+3].[Cr+3].[Cr+3].[N-3].[N-3].[N-3].[N-3].[N-3].[N-3].[N-3].[N-3].[N-3].[N-3].[SiH4].[SiH4].[SiH4].[Ti+4].[Ti+4].[Ti+4]. The summed E-state index contributed by atoms with van der Waals surface area (Å²) in [5.74, 6) is 0. The Morgan fingerprint density at radius 2 is 0.227 bits per heavy atom. The second-order valence-corrected chi connectivity index (χ2v) is 0. The standard InChI is InChI=1S/3Al.3Cr.10N.3H4Si.3Ti/h;;;;;;;;;;;;;;;;3*1H4;;;/q6*+3;10*-3;;;;3*+4. The maximum Gasteiger partial charge on any atom is 4.00 e. The molecule has 3 radical (unpaired) electrons. The van der Waals surface area contributed by atoms with Crippen LogP contribution in [0.4, 0.5) is 0 Å². The summed E-state index contributed by atoms with van der Waals surface area (Å²) in [6.45, 7) is 0. The quantitative estimate of drug-likeness (QED) is 0.252. The zero-order chi connectivity index (χ0) is 0. The van der Waals surface area contributed by atoms with Crippen molar-refractivity contribution < 1.29 is 117 Å². The van der Waals surface area contributed by atoms with Crippen molar-refractivity contribution in [3.05, 3.63) is 61.5 Å². The molecular formula is H12Al3Cr3N10Si3Ti3. The van der Waals surface area contributed by atoms with Crippen LogP contribution in [0.5, 0.6) is 0 Å². The first-order chi connectivity index (χ1) is 0. The van der Waals surface area contributed by atoms with Crippen LogP contribution in [0.3, 0.4) is 0 Å². The molecular weight excluding hydrogens is 605 g/mol. The van der Waals surface area contributed by atoms with Gasteiger partial charge < -0.3 is 61.5 Å². The third-order valence-corrected chi connectivity index (χ3v) is 0. The molecule has 0 aromatic rings. The van der Waals surface area contributed by atoms with E-state index in [0.29, 0.717) is 0 Å². The molecule has 0 N–H and O–H groups in total. The Labute approximate surface area is 259 Å². The number of hydrogen-bond donors (Lipinski definition) is 0. The molecule has 0 amide bonds. The Bertz CT molecular complexity index is 45.9. The molecule has 0 aliphatic carbocycles. The minimum Gasteiger partial charge on any atom is -3.00 e. The summed E-state index contributed by atoms with van der Waals surface area (Å²) in [7, 11) is 0. The molecule has 0 aliphatic heterocycles. The van der Waals surface area contributed by atoms with E-state index in [-0.39, 0.29) is 264 Å². The van der Waals surface area contributed by atoms with Gasteiger partial charge in [0.05, 0.1) is 0 Å². The molecule has 0 unspecified atom stereocenters. The van der Waals surface area contributed by atoms with E-state index in [9.17, 15) is 0 Å². The van der Waals surface area contributed by atoms with Crippen LogP contribution in [0.1, 0.15) is 0 Å². The van der Waals surface area contributed by atoms with Crippen molar-refractivity contribution in [2.75, 3.05) is 0 Å². The maximum atomic E-state index is 0. The van der Waals surface area contributed by atoms with Gasteiger partial charge in [0.15, 0.2) is 0 Å². The van der Waals surface area contributed by atoms with Crippen LogP contribution in [0, 0.1) is 0 Å². The van der Waals surface area contributed by atoms with Crippen LogP contribution < -0.4 is 0 Å². The van der Waals surface area contributed by atoms with E-state index in [1.165, 1.54) is 0 Å². The van der Waals surface area contributed by atoms with Gasteiger partial charge in [0.2, 0.25) is 0 Å². The smallest absolute Gasteiger partial charge is 3.00 e. The minimum atomic E-state index is 0. The van der Waals surface area contributed by atoms with Gasteiger partial charge >= 0.3 is 169 Å². The van der Waals surface area contributed by atoms with Crippen molar-refractivity contribution in [2.24, 2.45) is 0 Å². The van der Waals surface area contributed by atoms with E-state index in [1.54, 1.807) is 0 Å². The zero-order valence-corrected chi connectivity index (χ0v) is 20.9. The fraction of sp³-hybridized carbons (Fsp3) is 0. The predicted octanol–water partition coefficient (Wildman–Crippen LogP) is -2.63. The van der Waals surface area contributed by atoms with Gasteiger partial charge in [0.25, 0.3) is 0 Å². The summed E-state index contributed by atoms with van der Waals surface area (Å²) in [6.07, 6.45) is 0. The Morgan fingerprint density at radius 1 is 0.227 bits per heavy atom. The van der Waals surface area contributed by atoms with Crippen LogP contribution in [0.25, 0.3) is 61.5 Å². The second kappa shape index (κ2) is 557. The largest absolute Gasteiger partial charge is 4.00 e. The summed E-state index contributed by atoms with van der Waals surface area (Å²) >= 11 is 0. The maximum absolute atomic E-state index is 0. The van der Waals surface area contributed by atoms with E-state index in [4.69, 9.17) is 0 Å². The fourth-order valence-corrected chi connectivity index (χ4v) is 0. The van der Waals surface area contributed by atoms with Gasteiger partial charge in [-0.15, -0.1) is 0 Å². The Hall–Kier alpha value is 5.59. The number of nitrogens with zero attached hydrogens (tertiary/aromatic N) is 10. The third kappa shape index (κ3) is 495. The average Bonchev–Trinajstić information content (AvgIpc) is 0. The first-order valence-corrected chi connectivity index (χ1v) is 0. The molecule has 0 aromatic heterocycles. The molecule has 0 spiro atoms. The van der Waals surface area contributed by atoms with Crippen molar-refractivity contribution in [3.63, 3.8) is 0 Å². The first-order valence-electron chi connectivity index (χ1n) is 0. The van der Waals surface area contributed by atoms with E-state index < -0.39 is 0 Å². The van der Waals surface area contributed by atoms with Crippen LogP contribution in [-0.4, -0.2) is 85.0 Å². The molecule has 22 heteroatoms. The van der Waals surface area contributed by atoms with Gasteiger partial charge in [0, 0.05) is 0 Å². The summed E-state index contributed by atoms with van der Waals surface area (Å²) < 4.78 is 0. The van der Waals surface area contributed by atoms with Gasteiger partial charge in [-0.1, -0.05) is 0 Å². The minimum absolute atomic E-state index is 0. The van der Waals surface area contributed by atoms with Gasteiger partial charge in [-0.2, -0.15) is 0 Å².